The van der Waals surface area contributed by atoms with Gasteiger partial charge in [0.1, 0.15) is 0 Å². The van der Waals surface area contributed by atoms with E-state index in [1.165, 1.54) is 11.1 Å². The minimum atomic E-state index is -3.04. The van der Waals surface area contributed by atoms with E-state index in [4.69, 9.17) is 4.99 Å². The Bertz CT molecular complexity index is 733. The van der Waals surface area contributed by atoms with Gasteiger partial charge in [0.2, 0.25) is 10.0 Å². The van der Waals surface area contributed by atoms with Gasteiger partial charge in [-0.3, -0.25) is 4.99 Å². The first-order chi connectivity index (χ1) is 12.8. The van der Waals surface area contributed by atoms with Crippen LogP contribution in [0.3, 0.4) is 0 Å². The Morgan fingerprint density at radius 3 is 2.39 bits per heavy atom. The first-order valence-corrected chi connectivity index (χ1v) is 11.5. The quantitative estimate of drug-likeness (QED) is 0.313. The van der Waals surface area contributed by atoms with Gasteiger partial charge in [-0.15, -0.1) is 24.0 Å². The summed E-state index contributed by atoms with van der Waals surface area (Å²) in [6.45, 7) is 11.6. The van der Waals surface area contributed by atoms with E-state index in [2.05, 4.69) is 55.7 Å². The summed E-state index contributed by atoms with van der Waals surface area (Å²) in [7, 11) is -3.04. The van der Waals surface area contributed by atoms with E-state index in [1.54, 1.807) is 4.31 Å². The van der Waals surface area contributed by atoms with Gasteiger partial charge in [0.15, 0.2) is 5.96 Å². The summed E-state index contributed by atoms with van der Waals surface area (Å²) >= 11 is 0. The summed E-state index contributed by atoms with van der Waals surface area (Å²) < 4.78 is 25.3. The fourth-order valence-electron chi connectivity index (χ4n) is 3.14. The van der Waals surface area contributed by atoms with E-state index in [1.807, 2.05) is 6.92 Å². The van der Waals surface area contributed by atoms with E-state index in [0.29, 0.717) is 26.2 Å². The van der Waals surface area contributed by atoms with Crippen molar-refractivity contribution >= 4 is 40.0 Å². The molecule has 1 heterocycles. The highest BCUT2D eigenvalue weighted by atomic mass is 127. The first-order valence-electron chi connectivity index (χ1n) is 9.88. The molecule has 0 amide bonds. The topological polar surface area (TPSA) is 73.8 Å². The zero-order chi connectivity index (χ0) is 19.9. The van der Waals surface area contributed by atoms with Crippen LogP contribution in [0, 0.1) is 0 Å². The Morgan fingerprint density at radius 2 is 1.86 bits per heavy atom. The lowest BCUT2D eigenvalue weighted by molar-refractivity contribution is 0.444. The Labute approximate surface area is 187 Å². The third kappa shape index (κ3) is 7.18. The number of sulfonamides is 1. The molecule has 1 aliphatic rings. The predicted molar refractivity (Wildman–Crippen MR) is 128 cm³/mol. The second-order valence-electron chi connectivity index (χ2n) is 7.62. The van der Waals surface area contributed by atoms with E-state index in [-0.39, 0.29) is 35.1 Å². The van der Waals surface area contributed by atoms with Crippen LogP contribution in [0.5, 0.6) is 0 Å². The molecule has 1 fully saturated rings. The fraction of sp³-hybridized carbons (Fsp3) is 0.650. The first kappa shape index (κ1) is 25.2. The molecular weight excluding hydrogens is 487 g/mol. The molecule has 6 nitrogen and oxygen atoms in total. The van der Waals surface area contributed by atoms with Crippen molar-refractivity contribution in [2.45, 2.75) is 46.0 Å². The Balaban J connectivity index is 0.00000392. The van der Waals surface area contributed by atoms with E-state index < -0.39 is 10.0 Å². The lowest BCUT2D eigenvalue weighted by Gasteiger charge is -2.24. The van der Waals surface area contributed by atoms with Gasteiger partial charge >= 0.3 is 0 Å². The molecule has 160 valence electrons. The zero-order valence-corrected chi connectivity index (χ0v) is 20.6. The molecule has 0 atom stereocenters. The Kier molecular flexibility index (Phi) is 10.2. The van der Waals surface area contributed by atoms with Crippen molar-refractivity contribution in [3.8, 4) is 0 Å². The third-order valence-corrected chi connectivity index (χ3v) is 6.93. The SMILES string of the molecule is CCNC(=NCC(C)(C)c1ccc(CC)cc1)NCCN1CCCS1(=O)=O.I. The normalized spacial score (nSPS) is 17.2. The monoisotopic (exact) mass is 522 g/mol. The number of hydrogen-bond acceptors (Lipinski definition) is 3. The van der Waals surface area contributed by atoms with Gasteiger partial charge in [0.25, 0.3) is 0 Å². The zero-order valence-electron chi connectivity index (χ0n) is 17.5. The molecule has 0 radical (unpaired) electrons. The maximum absolute atomic E-state index is 11.9. The van der Waals surface area contributed by atoms with Crippen LogP contribution in [0.15, 0.2) is 29.3 Å². The highest BCUT2D eigenvalue weighted by Gasteiger charge is 2.27. The van der Waals surface area contributed by atoms with Crippen LogP contribution in [0.1, 0.15) is 45.2 Å². The maximum Gasteiger partial charge on any atom is 0.214 e. The van der Waals surface area contributed by atoms with Crippen LogP contribution in [-0.2, 0) is 21.9 Å². The molecule has 2 rings (SSSR count). The molecule has 1 aliphatic heterocycles. The van der Waals surface area contributed by atoms with Crippen molar-refractivity contribution in [3.63, 3.8) is 0 Å². The van der Waals surface area contributed by atoms with Crippen molar-refractivity contribution in [3.05, 3.63) is 35.4 Å². The van der Waals surface area contributed by atoms with Gasteiger partial charge in [-0.1, -0.05) is 45.0 Å². The molecule has 0 bridgehead atoms. The summed E-state index contributed by atoms with van der Waals surface area (Å²) in [6, 6.07) is 8.74. The molecule has 8 heteroatoms. The maximum atomic E-state index is 11.9. The summed E-state index contributed by atoms with van der Waals surface area (Å²) in [5.74, 6) is 0.999. The van der Waals surface area contributed by atoms with Gasteiger partial charge < -0.3 is 10.6 Å². The molecule has 0 spiro atoms. The number of aliphatic imine (C=N–C) groups is 1. The largest absolute Gasteiger partial charge is 0.357 e. The van der Waals surface area contributed by atoms with Gasteiger partial charge in [-0.05, 0) is 30.9 Å². The Hall–Kier alpha value is -0.870. The van der Waals surface area contributed by atoms with Crippen LogP contribution in [0.25, 0.3) is 0 Å². The second-order valence-corrected chi connectivity index (χ2v) is 9.71. The number of rotatable bonds is 8. The van der Waals surface area contributed by atoms with Crippen molar-refractivity contribution in [1.82, 2.24) is 14.9 Å². The molecule has 0 aromatic heterocycles. The van der Waals surface area contributed by atoms with E-state index in [9.17, 15) is 8.42 Å². The number of nitrogens with one attached hydrogen (secondary N) is 2. The van der Waals surface area contributed by atoms with Crippen LogP contribution in [0.2, 0.25) is 0 Å². The van der Waals surface area contributed by atoms with Crippen LogP contribution >= 0.6 is 24.0 Å². The van der Waals surface area contributed by atoms with E-state index >= 15 is 0 Å². The van der Waals surface area contributed by atoms with Crippen LogP contribution in [-0.4, -0.2) is 57.2 Å². The number of aryl methyl sites for hydroxylation is 1. The molecule has 0 unspecified atom stereocenters. The van der Waals surface area contributed by atoms with Gasteiger partial charge in [0, 0.05) is 31.6 Å². The summed E-state index contributed by atoms with van der Waals surface area (Å²) in [6.07, 6.45) is 1.77. The molecule has 28 heavy (non-hydrogen) atoms. The number of benzene rings is 1. The minimum absolute atomic E-state index is 0. The molecular formula is C20H35IN4O2S. The molecule has 1 aromatic rings. The van der Waals surface area contributed by atoms with Gasteiger partial charge in [0.05, 0.1) is 12.3 Å². The lowest BCUT2D eigenvalue weighted by Crippen LogP contribution is -2.42. The van der Waals surface area contributed by atoms with Crippen LogP contribution < -0.4 is 10.6 Å². The summed E-state index contributed by atoms with van der Waals surface area (Å²) in [5, 5.41) is 6.50. The number of halogens is 1. The second kappa shape index (κ2) is 11.3. The molecule has 2 N–H and O–H groups in total. The number of nitrogens with zero attached hydrogens (tertiary/aromatic N) is 2. The standard InChI is InChI=1S/C20H34N4O2S.HI/c1-5-17-8-10-18(11-9-17)20(3,4)16-23-19(21-6-2)22-12-14-24-13-7-15-27(24,25)26;/h8-11H,5-7,12-16H2,1-4H3,(H2,21,22,23);1H. The fourth-order valence-corrected chi connectivity index (χ4v) is 4.67. The Morgan fingerprint density at radius 1 is 1.18 bits per heavy atom. The van der Waals surface area contributed by atoms with Crippen molar-refractivity contribution in [2.75, 3.05) is 38.5 Å². The minimum Gasteiger partial charge on any atom is -0.357 e. The van der Waals surface area contributed by atoms with Crippen molar-refractivity contribution < 1.29 is 8.42 Å². The van der Waals surface area contributed by atoms with Gasteiger partial charge in [-0.25, -0.2) is 12.7 Å². The van der Waals surface area contributed by atoms with Gasteiger partial charge in [-0.2, -0.15) is 0 Å². The average Bonchev–Trinajstić information content (AvgIpc) is 2.98. The predicted octanol–water partition coefficient (Wildman–Crippen LogP) is 2.74. The molecule has 1 saturated heterocycles. The van der Waals surface area contributed by atoms with Crippen LogP contribution in [0.4, 0.5) is 0 Å². The number of guanidine groups is 1. The average molecular weight is 522 g/mol. The number of hydrogen-bond donors (Lipinski definition) is 2. The van der Waals surface area contributed by atoms with E-state index in [0.717, 1.165) is 25.3 Å². The smallest absolute Gasteiger partial charge is 0.214 e. The molecule has 1 aromatic carbocycles. The van der Waals surface area contributed by atoms with Crippen molar-refractivity contribution in [1.29, 1.82) is 0 Å². The highest BCUT2D eigenvalue weighted by molar-refractivity contribution is 14.0. The molecule has 0 saturated carbocycles. The summed E-state index contributed by atoms with van der Waals surface area (Å²) in [4.78, 5) is 4.73. The highest BCUT2D eigenvalue weighted by Crippen LogP contribution is 2.24. The summed E-state index contributed by atoms with van der Waals surface area (Å²) in [5.41, 5.74) is 2.53. The lowest BCUT2D eigenvalue weighted by atomic mass is 9.84. The third-order valence-electron chi connectivity index (χ3n) is 4.98. The van der Waals surface area contributed by atoms with Crippen molar-refractivity contribution in [2.24, 2.45) is 4.99 Å². The molecule has 0 aliphatic carbocycles.